The fraction of sp³-hybridized carbons (Fsp3) is 0.696. The van der Waals surface area contributed by atoms with Crippen molar-refractivity contribution >= 4 is 11.0 Å². The van der Waals surface area contributed by atoms with Crippen molar-refractivity contribution in [2.75, 3.05) is 32.8 Å². The second-order valence-electron chi connectivity index (χ2n) is 8.66. The third-order valence-corrected chi connectivity index (χ3v) is 6.78. The first-order valence-electron chi connectivity index (χ1n) is 11.3. The molecule has 0 spiro atoms. The van der Waals surface area contributed by atoms with E-state index in [-0.39, 0.29) is 6.61 Å². The Morgan fingerprint density at radius 1 is 1.11 bits per heavy atom. The highest BCUT2D eigenvalue weighted by atomic mass is 16.3. The summed E-state index contributed by atoms with van der Waals surface area (Å²) in [6, 6.07) is 8.93. The lowest BCUT2D eigenvalue weighted by atomic mass is 9.88. The van der Waals surface area contributed by atoms with E-state index in [0.29, 0.717) is 6.04 Å². The van der Waals surface area contributed by atoms with Crippen LogP contribution < -0.4 is 0 Å². The van der Waals surface area contributed by atoms with Crippen molar-refractivity contribution in [2.24, 2.45) is 5.92 Å². The molecule has 0 bridgehead atoms. The maximum absolute atomic E-state index is 9.63. The molecule has 154 valence electrons. The van der Waals surface area contributed by atoms with E-state index in [0.717, 1.165) is 50.6 Å². The van der Waals surface area contributed by atoms with E-state index >= 15 is 0 Å². The van der Waals surface area contributed by atoms with E-state index in [9.17, 15) is 5.11 Å². The summed E-state index contributed by atoms with van der Waals surface area (Å²) in [4.78, 5) is 10.1. The van der Waals surface area contributed by atoms with Crippen molar-refractivity contribution in [3.8, 4) is 0 Å². The summed E-state index contributed by atoms with van der Waals surface area (Å²) in [5, 5.41) is 9.63. The summed E-state index contributed by atoms with van der Waals surface area (Å²) in [7, 11) is 0. The number of rotatable bonds is 7. The van der Waals surface area contributed by atoms with E-state index in [1.54, 1.807) is 0 Å². The van der Waals surface area contributed by atoms with E-state index in [4.69, 9.17) is 4.98 Å². The zero-order valence-corrected chi connectivity index (χ0v) is 17.4. The minimum Gasteiger partial charge on any atom is -0.396 e. The Kier molecular flexibility index (Phi) is 6.65. The zero-order valence-electron chi connectivity index (χ0n) is 17.4. The van der Waals surface area contributed by atoms with Crippen LogP contribution in [0.15, 0.2) is 24.3 Å². The average molecular weight is 385 g/mol. The molecule has 1 unspecified atom stereocenters. The second kappa shape index (κ2) is 9.38. The number of aryl methyl sites for hydroxylation is 1. The van der Waals surface area contributed by atoms with Crippen molar-refractivity contribution in [2.45, 2.75) is 64.6 Å². The lowest BCUT2D eigenvalue weighted by Gasteiger charge is -2.43. The summed E-state index contributed by atoms with van der Waals surface area (Å²) in [5.74, 6) is 2.04. The normalized spacial score (nSPS) is 22.9. The predicted octanol–water partition coefficient (Wildman–Crippen LogP) is 3.51. The largest absolute Gasteiger partial charge is 0.396 e. The van der Waals surface area contributed by atoms with E-state index in [2.05, 4.69) is 45.6 Å². The van der Waals surface area contributed by atoms with Crippen LogP contribution >= 0.6 is 0 Å². The maximum atomic E-state index is 9.63. The number of hydrogen-bond donors (Lipinski definition) is 1. The van der Waals surface area contributed by atoms with Crippen LogP contribution in [0.5, 0.6) is 0 Å². The van der Waals surface area contributed by atoms with Crippen molar-refractivity contribution in [3.63, 3.8) is 0 Å². The summed E-state index contributed by atoms with van der Waals surface area (Å²) >= 11 is 0. The molecule has 1 aliphatic carbocycles. The van der Waals surface area contributed by atoms with Gasteiger partial charge < -0.3 is 9.67 Å². The minimum absolute atomic E-state index is 0.285. The Morgan fingerprint density at radius 3 is 2.71 bits per heavy atom. The molecule has 2 heterocycles. The maximum Gasteiger partial charge on any atom is 0.124 e. The van der Waals surface area contributed by atoms with Gasteiger partial charge in [0.25, 0.3) is 0 Å². The van der Waals surface area contributed by atoms with Gasteiger partial charge in [0.05, 0.1) is 17.6 Å². The number of hydrogen-bond acceptors (Lipinski definition) is 4. The topological polar surface area (TPSA) is 44.5 Å². The van der Waals surface area contributed by atoms with Crippen molar-refractivity contribution < 1.29 is 5.11 Å². The molecule has 1 aromatic carbocycles. The molecule has 1 saturated heterocycles. The minimum atomic E-state index is 0.285. The highest BCUT2D eigenvalue weighted by molar-refractivity contribution is 5.75. The van der Waals surface area contributed by atoms with Gasteiger partial charge in [0.1, 0.15) is 5.82 Å². The zero-order chi connectivity index (χ0) is 19.3. The van der Waals surface area contributed by atoms with Gasteiger partial charge in [0, 0.05) is 45.4 Å². The molecule has 2 fully saturated rings. The third kappa shape index (κ3) is 4.42. The monoisotopic (exact) mass is 384 g/mol. The summed E-state index contributed by atoms with van der Waals surface area (Å²) in [6.07, 6.45) is 7.90. The SMILES string of the molecule is CCn1c(CN2CCN(CC3CCCCC3)C(CCO)C2)nc2ccccc21. The fourth-order valence-electron chi connectivity index (χ4n) is 5.26. The Hall–Kier alpha value is -1.43. The van der Waals surface area contributed by atoms with Gasteiger partial charge in [-0.2, -0.15) is 0 Å². The highest BCUT2D eigenvalue weighted by Gasteiger charge is 2.29. The molecule has 0 radical (unpaired) electrons. The van der Waals surface area contributed by atoms with Gasteiger partial charge in [0.15, 0.2) is 0 Å². The molecule has 5 heteroatoms. The number of imidazole rings is 1. The van der Waals surface area contributed by atoms with Crippen LogP contribution in [-0.4, -0.2) is 63.3 Å². The van der Waals surface area contributed by atoms with Gasteiger partial charge in [-0.3, -0.25) is 9.80 Å². The van der Waals surface area contributed by atoms with Gasteiger partial charge in [-0.15, -0.1) is 0 Å². The van der Waals surface area contributed by atoms with Crippen LogP contribution in [0.25, 0.3) is 11.0 Å². The molecule has 0 amide bonds. The van der Waals surface area contributed by atoms with Crippen LogP contribution in [-0.2, 0) is 13.1 Å². The summed E-state index contributed by atoms with van der Waals surface area (Å²) < 4.78 is 2.35. The van der Waals surface area contributed by atoms with Gasteiger partial charge in [0.2, 0.25) is 0 Å². The Morgan fingerprint density at radius 2 is 1.93 bits per heavy atom. The Balaban J connectivity index is 1.42. The van der Waals surface area contributed by atoms with Gasteiger partial charge in [-0.1, -0.05) is 31.4 Å². The highest BCUT2D eigenvalue weighted by Crippen LogP contribution is 2.27. The molecule has 5 nitrogen and oxygen atoms in total. The molecule has 2 aromatic rings. The lowest BCUT2D eigenvalue weighted by molar-refractivity contribution is 0.0386. The van der Waals surface area contributed by atoms with Crippen molar-refractivity contribution in [3.05, 3.63) is 30.1 Å². The molecular weight excluding hydrogens is 348 g/mol. The first-order valence-corrected chi connectivity index (χ1v) is 11.3. The number of benzene rings is 1. The Bertz CT molecular complexity index is 752. The van der Waals surface area contributed by atoms with Crippen LogP contribution in [0.4, 0.5) is 0 Å². The van der Waals surface area contributed by atoms with E-state index in [1.165, 1.54) is 50.0 Å². The van der Waals surface area contributed by atoms with Crippen molar-refractivity contribution in [1.29, 1.82) is 0 Å². The quantitative estimate of drug-likeness (QED) is 0.793. The molecule has 1 N–H and O–H groups in total. The van der Waals surface area contributed by atoms with Crippen LogP contribution in [0.2, 0.25) is 0 Å². The van der Waals surface area contributed by atoms with Crippen LogP contribution in [0.1, 0.15) is 51.3 Å². The smallest absolute Gasteiger partial charge is 0.124 e. The second-order valence-corrected chi connectivity index (χ2v) is 8.66. The molecule has 2 aliphatic rings. The van der Waals surface area contributed by atoms with Gasteiger partial charge in [-0.25, -0.2) is 4.98 Å². The molecule has 1 aromatic heterocycles. The third-order valence-electron chi connectivity index (χ3n) is 6.78. The van der Waals surface area contributed by atoms with Crippen molar-refractivity contribution in [1.82, 2.24) is 19.4 Å². The molecule has 28 heavy (non-hydrogen) atoms. The first-order chi connectivity index (χ1) is 13.8. The number of aliphatic hydroxyl groups excluding tert-OH is 1. The fourth-order valence-corrected chi connectivity index (χ4v) is 5.26. The molecule has 1 aliphatic heterocycles. The predicted molar refractivity (Wildman–Crippen MR) is 114 cm³/mol. The number of fused-ring (bicyclic) bond motifs is 1. The number of aliphatic hydroxyl groups is 1. The van der Waals surface area contributed by atoms with Gasteiger partial charge >= 0.3 is 0 Å². The summed E-state index contributed by atoms with van der Waals surface area (Å²) in [6.45, 7) is 8.84. The average Bonchev–Trinajstić information content (AvgIpc) is 3.08. The lowest BCUT2D eigenvalue weighted by Crippen LogP contribution is -2.54. The van der Waals surface area contributed by atoms with Crippen LogP contribution in [0, 0.1) is 5.92 Å². The molecule has 4 rings (SSSR count). The standard InChI is InChI=1S/C23H36N4O/c1-2-27-22-11-7-6-10-21(22)24-23(27)18-25-13-14-26(20(17-25)12-15-28)16-19-8-4-3-5-9-19/h6-7,10-11,19-20,28H,2-5,8-9,12-18H2,1H3. The Labute approximate surface area is 169 Å². The first kappa shape index (κ1) is 19.9. The molecule has 1 saturated carbocycles. The number of para-hydroxylation sites is 2. The molecule has 1 atom stereocenters. The van der Waals surface area contributed by atoms with E-state index < -0.39 is 0 Å². The number of nitrogens with zero attached hydrogens (tertiary/aromatic N) is 4. The van der Waals surface area contributed by atoms with Gasteiger partial charge in [-0.05, 0) is 44.2 Å². The number of piperazine rings is 1. The summed E-state index contributed by atoms with van der Waals surface area (Å²) in [5.41, 5.74) is 2.34. The molecular formula is C23H36N4O. The van der Waals surface area contributed by atoms with E-state index in [1.807, 2.05) is 0 Å². The van der Waals surface area contributed by atoms with Crippen LogP contribution in [0.3, 0.4) is 0 Å². The number of aromatic nitrogens is 2.